The molecule has 26 heavy (non-hydrogen) atoms. The molecule has 4 nitrogen and oxygen atoms in total. The average molecular weight is 483 g/mol. The van der Waals surface area contributed by atoms with Crippen LogP contribution in [-0.4, -0.2) is 16.0 Å². The standard InChI is InChI=1S/C9H9IN3OP.C9H12.C2H6/c1-6-8-4-7(11-5-14)2-3-9(8)13(12-6)15-10;1-3-9-7-5-4-6-8(9)2;1-2/h2-5,15H,1H3,(H,11,14);4-7H,3H2,1-2H3;1-2H3. The summed E-state index contributed by atoms with van der Waals surface area (Å²) in [5.41, 5.74) is 5.76. The van der Waals surface area contributed by atoms with E-state index in [0.717, 1.165) is 28.7 Å². The lowest BCUT2D eigenvalue weighted by molar-refractivity contribution is -0.105. The van der Waals surface area contributed by atoms with Gasteiger partial charge in [0.15, 0.2) is 0 Å². The normalized spacial score (nSPS) is 10.1. The van der Waals surface area contributed by atoms with Gasteiger partial charge in [-0.05, 0) is 71.6 Å². The summed E-state index contributed by atoms with van der Waals surface area (Å²) in [5.74, 6) is 0. The van der Waals surface area contributed by atoms with Gasteiger partial charge in [0, 0.05) is 11.1 Å². The molecule has 6 heteroatoms. The van der Waals surface area contributed by atoms with E-state index >= 15 is 0 Å². The van der Waals surface area contributed by atoms with Gasteiger partial charge in [0.05, 0.1) is 17.6 Å². The summed E-state index contributed by atoms with van der Waals surface area (Å²) < 4.78 is 1.97. The first-order chi connectivity index (χ1) is 12.6. The molecule has 0 spiro atoms. The zero-order valence-electron chi connectivity index (χ0n) is 16.0. The van der Waals surface area contributed by atoms with E-state index in [2.05, 4.69) is 70.6 Å². The number of nitrogens with one attached hydrogen (secondary N) is 1. The minimum absolute atomic E-state index is 0.588. The van der Waals surface area contributed by atoms with Crippen LogP contribution in [0.5, 0.6) is 0 Å². The van der Waals surface area contributed by atoms with Crippen LogP contribution in [-0.2, 0) is 11.2 Å². The summed E-state index contributed by atoms with van der Waals surface area (Å²) >= 11 is 2.30. The molecule has 140 valence electrons. The van der Waals surface area contributed by atoms with Gasteiger partial charge in [-0.1, -0.05) is 45.0 Å². The molecule has 1 heterocycles. The van der Waals surface area contributed by atoms with Crippen LogP contribution in [0.25, 0.3) is 10.9 Å². The van der Waals surface area contributed by atoms with Crippen molar-refractivity contribution in [3.05, 3.63) is 59.3 Å². The lowest BCUT2D eigenvalue weighted by atomic mass is 10.1. The third-order valence-electron chi connectivity index (χ3n) is 3.81. The van der Waals surface area contributed by atoms with Gasteiger partial charge in [-0.3, -0.25) is 4.79 Å². The van der Waals surface area contributed by atoms with Gasteiger partial charge in [0.25, 0.3) is 0 Å². The predicted molar refractivity (Wildman–Crippen MR) is 124 cm³/mol. The number of aryl methyl sites for hydroxylation is 3. The Labute approximate surface area is 171 Å². The second kappa shape index (κ2) is 12.0. The minimum Gasteiger partial charge on any atom is -0.329 e. The van der Waals surface area contributed by atoms with Crippen molar-refractivity contribution in [3.63, 3.8) is 0 Å². The molecule has 3 rings (SSSR count). The summed E-state index contributed by atoms with van der Waals surface area (Å²) in [5, 5.41) is 8.14. The number of fused-ring (bicyclic) bond motifs is 1. The van der Waals surface area contributed by atoms with Crippen molar-refractivity contribution in [1.29, 1.82) is 0 Å². The average Bonchev–Trinajstić information content (AvgIpc) is 3.00. The van der Waals surface area contributed by atoms with Crippen LogP contribution in [0.2, 0.25) is 0 Å². The summed E-state index contributed by atoms with van der Waals surface area (Å²) in [4.78, 5) is 10.3. The Hall–Kier alpha value is -1.46. The Bertz CT molecular complexity index is 833. The maximum atomic E-state index is 10.3. The Morgan fingerprint density at radius 3 is 2.42 bits per heavy atom. The fourth-order valence-corrected chi connectivity index (χ4v) is 4.07. The molecule has 3 aromatic rings. The first-order valence-electron chi connectivity index (χ1n) is 8.71. The largest absolute Gasteiger partial charge is 0.329 e. The molecule has 0 bridgehead atoms. The highest BCUT2D eigenvalue weighted by molar-refractivity contribution is 14.2. The topological polar surface area (TPSA) is 46.9 Å². The van der Waals surface area contributed by atoms with E-state index in [9.17, 15) is 4.79 Å². The fraction of sp³-hybridized carbons (Fsp3) is 0.300. The number of benzene rings is 2. The van der Waals surface area contributed by atoms with E-state index in [1.165, 1.54) is 11.1 Å². The fourth-order valence-electron chi connectivity index (χ4n) is 2.50. The molecule has 0 radical (unpaired) electrons. The van der Waals surface area contributed by atoms with Gasteiger partial charge >= 0.3 is 0 Å². The van der Waals surface area contributed by atoms with Crippen molar-refractivity contribution in [3.8, 4) is 0 Å². The Morgan fingerprint density at radius 2 is 1.88 bits per heavy atom. The third-order valence-corrected chi connectivity index (χ3v) is 5.68. The molecular formula is C20H27IN3OP. The van der Waals surface area contributed by atoms with Crippen LogP contribution in [0.15, 0.2) is 42.5 Å². The molecule has 0 saturated carbocycles. The van der Waals surface area contributed by atoms with E-state index in [1.54, 1.807) is 0 Å². The number of halogens is 1. The third kappa shape index (κ3) is 6.06. The molecule has 1 N–H and O–H groups in total. The molecule has 0 aliphatic heterocycles. The molecule has 1 atom stereocenters. The maximum absolute atomic E-state index is 10.3. The minimum atomic E-state index is 0.588. The van der Waals surface area contributed by atoms with Crippen LogP contribution in [0.4, 0.5) is 5.69 Å². The van der Waals surface area contributed by atoms with Gasteiger partial charge in [0.2, 0.25) is 6.41 Å². The molecule has 0 aliphatic rings. The van der Waals surface area contributed by atoms with Crippen molar-refractivity contribution in [1.82, 2.24) is 9.55 Å². The first kappa shape index (κ1) is 22.6. The van der Waals surface area contributed by atoms with Gasteiger partial charge in [-0.25, -0.2) is 4.45 Å². The Morgan fingerprint density at radius 1 is 1.19 bits per heavy atom. The lowest BCUT2D eigenvalue weighted by Gasteiger charge is -1.99. The summed E-state index contributed by atoms with van der Waals surface area (Å²) in [6.45, 7) is 10.3. The highest BCUT2D eigenvalue weighted by atomic mass is 127. The summed E-state index contributed by atoms with van der Waals surface area (Å²) in [6.07, 6.45) is 2.42. The second-order valence-corrected chi connectivity index (χ2v) is 7.40. The molecule has 0 aliphatic carbocycles. The van der Waals surface area contributed by atoms with Gasteiger partial charge in [-0.2, -0.15) is 5.10 Å². The van der Waals surface area contributed by atoms with Crippen molar-refractivity contribution in [2.75, 3.05) is 5.32 Å². The molecule has 0 saturated heterocycles. The van der Waals surface area contributed by atoms with Crippen LogP contribution in [0.3, 0.4) is 0 Å². The van der Waals surface area contributed by atoms with Crippen molar-refractivity contribution < 1.29 is 4.79 Å². The summed E-state index contributed by atoms with van der Waals surface area (Å²) in [7, 11) is 0. The van der Waals surface area contributed by atoms with Gasteiger partial charge in [-0.15, -0.1) is 0 Å². The SMILES string of the molecule is CC.CCc1ccccc1C.Cc1nn(PI)c2ccc(NC=O)cc12. The zero-order valence-corrected chi connectivity index (χ0v) is 19.2. The van der Waals surface area contributed by atoms with Crippen molar-refractivity contribution in [2.45, 2.75) is 41.0 Å². The zero-order chi connectivity index (χ0) is 19.5. The number of hydrogen-bond acceptors (Lipinski definition) is 2. The van der Waals surface area contributed by atoms with Crippen molar-refractivity contribution >= 4 is 51.4 Å². The van der Waals surface area contributed by atoms with E-state index in [0.29, 0.717) is 12.8 Å². The molecule has 2 aromatic carbocycles. The van der Waals surface area contributed by atoms with E-state index in [-0.39, 0.29) is 0 Å². The highest BCUT2D eigenvalue weighted by Gasteiger charge is 2.06. The first-order valence-corrected chi connectivity index (χ1v) is 12.8. The van der Waals surface area contributed by atoms with Gasteiger partial charge < -0.3 is 5.32 Å². The molecule has 1 unspecified atom stereocenters. The van der Waals surface area contributed by atoms with Crippen LogP contribution < -0.4 is 5.32 Å². The molecule has 1 aromatic heterocycles. The van der Waals surface area contributed by atoms with Crippen LogP contribution >= 0.6 is 28.4 Å². The van der Waals surface area contributed by atoms with E-state index in [4.69, 9.17) is 0 Å². The predicted octanol–water partition coefficient (Wildman–Crippen LogP) is 6.29. The Kier molecular flexibility index (Phi) is 10.4. The monoisotopic (exact) mass is 483 g/mol. The molecule has 0 fully saturated rings. The number of carbonyl (C=O) groups is 1. The quantitative estimate of drug-likeness (QED) is 0.270. The second-order valence-electron chi connectivity index (χ2n) is 5.36. The number of anilines is 1. The number of nitrogens with zero attached hydrogens (tertiary/aromatic N) is 2. The number of carbonyl (C=O) groups excluding carboxylic acids is 1. The lowest BCUT2D eigenvalue weighted by Crippen LogP contribution is -1.92. The van der Waals surface area contributed by atoms with Crippen molar-refractivity contribution in [2.24, 2.45) is 0 Å². The molecule has 1 amide bonds. The number of rotatable bonds is 4. The smallest absolute Gasteiger partial charge is 0.211 e. The Balaban J connectivity index is 0.000000263. The highest BCUT2D eigenvalue weighted by Crippen LogP contribution is 2.31. The van der Waals surface area contributed by atoms with E-state index in [1.807, 2.05) is 43.4 Å². The van der Waals surface area contributed by atoms with Gasteiger partial charge in [0.1, 0.15) is 0 Å². The number of aromatic nitrogens is 2. The van der Waals surface area contributed by atoms with Crippen LogP contribution in [0.1, 0.15) is 37.6 Å². The van der Waals surface area contributed by atoms with Crippen LogP contribution in [0, 0.1) is 13.8 Å². The number of amides is 1. The van der Waals surface area contributed by atoms with E-state index < -0.39 is 0 Å². The summed E-state index contributed by atoms with van der Waals surface area (Å²) in [6, 6.07) is 14.3. The maximum Gasteiger partial charge on any atom is 0.211 e. The number of hydrogen-bond donors (Lipinski definition) is 1. The molecular weight excluding hydrogens is 456 g/mol.